The molecule has 0 aliphatic heterocycles. The largest absolute Gasteiger partial charge is 0.508 e. The number of phenols is 2. The maximum atomic E-state index is 11.6. The average molecular weight is 1370 g/mol. The molecule has 5 aromatic carbocycles. The zero-order chi connectivity index (χ0) is 73.1. The highest BCUT2D eigenvalue weighted by atomic mass is 16.7. The summed E-state index contributed by atoms with van der Waals surface area (Å²) in [5.74, 6) is -10.3. The number of carboxylic acid groups (broad SMARTS) is 3. The second-order valence-corrected chi connectivity index (χ2v) is 21.0. The normalized spacial score (nSPS) is 11.5. The molecule has 0 saturated carbocycles. The number of phenolic OH excluding ortho intramolecular Hbond substituents is 2. The van der Waals surface area contributed by atoms with E-state index < -0.39 is 64.3 Å². The van der Waals surface area contributed by atoms with Crippen LogP contribution in [0.5, 0.6) is 28.7 Å². The Bertz CT molecular complexity index is 4870. The van der Waals surface area contributed by atoms with Crippen LogP contribution in [0.25, 0.3) is 77.6 Å². The van der Waals surface area contributed by atoms with Gasteiger partial charge in [-0.05, 0) is 97.9 Å². The number of nitrogens with one attached hydrogen (secondary N) is 1. The SMILES string of the molecule is COCOc1ccc2c(c1)c(C(C)=O)cn2C.COCOc1ccc2c(c1)c(C(O)=CC(=O)C(=O)O)cn2C.COCOc1ccc2c(c1)c(C(O)=CC(=O)C(=O)OC)cn2C.Cn1cc(C(O)=CC(=O)C(=O)O)c2cc(O)ccc21.O=C(O)C(=O)C=C(O)c1c[nH]c2ccc(O)cc12. The Balaban J connectivity index is 0.000000196. The number of aromatic amines is 1. The molecule has 0 atom stereocenters. The summed E-state index contributed by atoms with van der Waals surface area (Å²) in [6.45, 7) is 1.94. The minimum atomic E-state index is -1.65. The monoisotopic (exact) mass is 1370 g/mol. The van der Waals surface area contributed by atoms with Crippen LogP contribution in [0.15, 0.2) is 146 Å². The zero-order valence-electron chi connectivity index (χ0n) is 54.3. The standard InChI is InChI=1S/C16H17NO6.C15H15NO6.C13H11NO5.C13H15NO3.C12H9NO5/c1-17-8-12(14(18)7-15(19)16(20)22-3)11-6-10(23-9-21-2)4-5-13(11)17;1-16-7-11(13(17)6-14(18)15(19)20)10-5-9(22-8-21-2)3-4-12(10)16;1-14-6-9(11(16)5-12(17)13(18)19)8-4-7(15)2-3-10(8)14;1-9(15)12-7-14(2)13-5-4-10(6-11(12)13)17-8-16-3;14-6-1-2-9-7(3-6)8(5-13-9)10(15)4-11(16)12(17)18/h4-8,18H,9H2,1-3H3;3-7,17H,8H2,1-2H3,(H,19,20);2-6,15-16H,1H3,(H,18,19);4-7H,8H2,1-3H3;1-5,13-15H,(H,17,18). The van der Waals surface area contributed by atoms with Gasteiger partial charge in [0.1, 0.15) is 51.8 Å². The molecule has 518 valence electrons. The lowest BCUT2D eigenvalue weighted by Crippen LogP contribution is -2.13. The van der Waals surface area contributed by atoms with E-state index in [-0.39, 0.29) is 54.5 Å². The Hall–Kier alpha value is -12.9. The smallest absolute Gasteiger partial charge is 0.378 e. The van der Waals surface area contributed by atoms with Crippen molar-refractivity contribution in [3.63, 3.8) is 0 Å². The molecule has 0 fully saturated rings. The number of benzene rings is 5. The Kier molecular flexibility index (Phi) is 25.8. The van der Waals surface area contributed by atoms with Gasteiger partial charge in [-0.2, -0.15) is 0 Å². The van der Waals surface area contributed by atoms with E-state index in [0.29, 0.717) is 79.2 Å². The van der Waals surface area contributed by atoms with Gasteiger partial charge in [0, 0.05) is 187 Å². The molecule has 0 radical (unpaired) electrons. The van der Waals surface area contributed by atoms with Crippen LogP contribution in [0.3, 0.4) is 0 Å². The topological polar surface area (TPSA) is 436 Å². The molecule has 0 unspecified atom stereocenters. The summed E-state index contributed by atoms with van der Waals surface area (Å²) in [6.07, 6.45) is 10.8. The van der Waals surface area contributed by atoms with E-state index in [1.165, 1.54) is 44.7 Å². The van der Waals surface area contributed by atoms with E-state index in [4.69, 9.17) is 43.7 Å². The van der Waals surface area contributed by atoms with Crippen molar-refractivity contribution in [2.45, 2.75) is 6.92 Å². The molecule has 0 aliphatic rings. The molecular weight excluding hydrogens is 1300 g/mol. The minimum absolute atomic E-state index is 0.000658. The number of aromatic hydroxyl groups is 2. The van der Waals surface area contributed by atoms with Gasteiger partial charge < -0.3 is 102 Å². The van der Waals surface area contributed by atoms with E-state index in [9.17, 15) is 73.8 Å². The number of esters is 1. The number of carbonyl (C=O) groups excluding carboxylic acids is 6. The lowest BCUT2D eigenvalue weighted by atomic mass is 10.1. The third-order valence-electron chi connectivity index (χ3n) is 14.1. The molecule has 0 aliphatic carbocycles. The quantitative estimate of drug-likeness (QED) is 0.00756. The van der Waals surface area contributed by atoms with Crippen molar-refractivity contribution >= 4 is 130 Å². The summed E-state index contributed by atoms with van der Waals surface area (Å²) < 4.78 is 42.1. The number of Topliss-reactive ketones (excluding diaryl/α,β-unsaturated/α-hetero) is 1. The zero-order valence-corrected chi connectivity index (χ0v) is 54.3. The van der Waals surface area contributed by atoms with Crippen LogP contribution < -0.4 is 14.2 Å². The summed E-state index contributed by atoms with van der Waals surface area (Å²) in [7, 11) is 12.9. The number of ketones is 5. The first-order chi connectivity index (χ1) is 46.9. The fraction of sp³-hybridized carbons (Fsp3) is 0.174. The molecule has 30 nitrogen and oxygen atoms in total. The molecule has 0 spiro atoms. The second-order valence-electron chi connectivity index (χ2n) is 21.0. The van der Waals surface area contributed by atoms with Crippen LogP contribution in [0.1, 0.15) is 39.5 Å². The number of nitrogens with zero attached hydrogens (tertiary/aromatic N) is 4. The number of aliphatic carboxylic acids is 3. The number of ether oxygens (including phenoxy) is 7. The number of fused-ring (bicyclic) bond motifs is 5. The van der Waals surface area contributed by atoms with Crippen molar-refractivity contribution < 1.29 is 122 Å². The Morgan fingerprint density at radius 2 is 0.697 bits per heavy atom. The highest BCUT2D eigenvalue weighted by Crippen LogP contribution is 2.33. The molecule has 30 heteroatoms. The molecule has 10 aromatic rings. The lowest BCUT2D eigenvalue weighted by molar-refractivity contribution is -0.149. The number of H-pyrrole nitrogens is 1. The predicted molar refractivity (Wildman–Crippen MR) is 358 cm³/mol. The average Bonchev–Trinajstić information content (AvgIpc) is 1.67. The number of aryl methyl sites for hydroxylation is 4. The number of carboxylic acids is 3. The Morgan fingerprint density at radius 3 is 1.04 bits per heavy atom. The van der Waals surface area contributed by atoms with E-state index in [1.54, 1.807) is 110 Å². The molecule has 0 saturated heterocycles. The lowest BCUT2D eigenvalue weighted by Gasteiger charge is -2.05. The van der Waals surface area contributed by atoms with E-state index in [0.717, 1.165) is 40.6 Å². The number of carbonyl (C=O) groups is 9. The van der Waals surface area contributed by atoms with Gasteiger partial charge in [0.05, 0.1) is 7.11 Å². The summed E-state index contributed by atoms with van der Waals surface area (Å²) >= 11 is 0. The Labute approximate surface area is 560 Å². The van der Waals surface area contributed by atoms with Gasteiger partial charge in [0.25, 0.3) is 23.1 Å². The maximum absolute atomic E-state index is 11.6. The van der Waals surface area contributed by atoms with Gasteiger partial charge in [0.15, 0.2) is 26.2 Å². The van der Waals surface area contributed by atoms with Crippen molar-refractivity contribution in [2.75, 3.05) is 48.8 Å². The molecular formula is C69H67N5O25. The molecule has 10 rings (SSSR count). The third-order valence-corrected chi connectivity index (χ3v) is 14.1. The van der Waals surface area contributed by atoms with Crippen LogP contribution in [0.4, 0.5) is 0 Å². The van der Waals surface area contributed by atoms with Crippen molar-refractivity contribution in [1.82, 2.24) is 23.3 Å². The summed E-state index contributed by atoms with van der Waals surface area (Å²) in [4.78, 5) is 102. The molecule has 0 bridgehead atoms. The van der Waals surface area contributed by atoms with Crippen LogP contribution in [-0.2, 0) is 85.5 Å². The number of aromatic nitrogens is 5. The predicted octanol–water partition coefficient (Wildman–Crippen LogP) is 8.74. The third kappa shape index (κ3) is 19.2. The van der Waals surface area contributed by atoms with Gasteiger partial charge in [-0.25, -0.2) is 19.2 Å². The minimum Gasteiger partial charge on any atom is -0.508 e. The molecule has 0 amide bonds. The fourth-order valence-corrected chi connectivity index (χ4v) is 9.51. The first-order valence-corrected chi connectivity index (χ1v) is 28.7. The molecule has 99 heavy (non-hydrogen) atoms. The number of methoxy groups -OCH3 is 4. The van der Waals surface area contributed by atoms with E-state index in [2.05, 4.69) is 9.72 Å². The van der Waals surface area contributed by atoms with Gasteiger partial charge in [-0.15, -0.1) is 0 Å². The summed E-state index contributed by atoms with van der Waals surface area (Å²) in [6, 6.07) is 25.2. The van der Waals surface area contributed by atoms with Gasteiger partial charge in [-0.3, -0.25) is 24.0 Å². The number of rotatable bonds is 22. The van der Waals surface area contributed by atoms with Crippen molar-refractivity contribution in [3.05, 3.63) is 174 Å². The second kappa shape index (κ2) is 34.0. The molecule has 5 heterocycles. The van der Waals surface area contributed by atoms with Gasteiger partial charge in [0.2, 0.25) is 0 Å². The van der Waals surface area contributed by atoms with Gasteiger partial charge >= 0.3 is 23.9 Å². The first kappa shape index (κ1) is 75.1. The number of hydrogen-bond acceptors (Lipinski definition) is 22. The Morgan fingerprint density at radius 1 is 0.394 bits per heavy atom. The molecule has 5 aromatic heterocycles. The maximum Gasteiger partial charge on any atom is 0.378 e. The van der Waals surface area contributed by atoms with E-state index in [1.807, 2.05) is 42.1 Å². The van der Waals surface area contributed by atoms with Crippen LogP contribution in [-0.4, -0.2) is 171 Å². The van der Waals surface area contributed by atoms with Crippen LogP contribution in [0.2, 0.25) is 0 Å². The first-order valence-electron chi connectivity index (χ1n) is 28.7. The van der Waals surface area contributed by atoms with Crippen LogP contribution >= 0.6 is 0 Å². The van der Waals surface area contributed by atoms with Crippen molar-refractivity contribution in [2.24, 2.45) is 28.2 Å². The van der Waals surface area contributed by atoms with E-state index >= 15 is 0 Å². The van der Waals surface area contributed by atoms with Crippen molar-refractivity contribution in [1.29, 1.82) is 0 Å². The fourth-order valence-electron chi connectivity index (χ4n) is 9.51. The number of hydrogen-bond donors (Lipinski definition) is 10. The van der Waals surface area contributed by atoms with Crippen LogP contribution in [0, 0.1) is 0 Å². The van der Waals surface area contributed by atoms with Crippen molar-refractivity contribution in [3.8, 4) is 28.7 Å². The summed E-state index contributed by atoms with van der Waals surface area (Å²) in [5.41, 5.74) is 6.00. The highest BCUT2D eigenvalue weighted by molar-refractivity contribution is 6.40. The number of aliphatic hydroxyl groups excluding tert-OH is 4. The summed E-state index contributed by atoms with van der Waals surface area (Å²) in [5, 5.41) is 87.2. The number of aliphatic hydroxyl groups is 4. The van der Waals surface area contributed by atoms with Gasteiger partial charge in [-0.1, -0.05) is 0 Å². The molecule has 10 N–H and O–H groups in total. The highest BCUT2D eigenvalue weighted by Gasteiger charge is 2.20.